The third-order valence-corrected chi connectivity index (χ3v) is 4.39. The van der Waals surface area contributed by atoms with Gasteiger partial charge in [0.05, 0.1) is 6.54 Å². The maximum absolute atomic E-state index is 5.71. The van der Waals surface area contributed by atoms with Crippen LogP contribution in [0.2, 0.25) is 0 Å². The van der Waals surface area contributed by atoms with Gasteiger partial charge in [-0.2, -0.15) is 0 Å². The number of rotatable bonds is 6. The minimum Gasteiger partial charge on any atom is -0.361 e. The van der Waals surface area contributed by atoms with Gasteiger partial charge < -0.3 is 10.7 Å². The number of aromatic nitrogens is 5. The summed E-state index contributed by atoms with van der Waals surface area (Å²) in [7, 11) is 0. The lowest BCUT2D eigenvalue weighted by Gasteiger charge is -2.06. The smallest absolute Gasteiger partial charge is 0.156 e. The summed E-state index contributed by atoms with van der Waals surface area (Å²) < 4.78 is 1.86. The summed E-state index contributed by atoms with van der Waals surface area (Å²) in [6.45, 7) is 1.32. The average Bonchev–Trinajstić information content (AvgIpc) is 3.24. The van der Waals surface area contributed by atoms with Crippen molar-refractivity contribution in [3.63, 3.8) is 0 Å². The Morgan fingerprint density at radius 2 is 1.88 bits per heavy atom. The Bertz CT molecular complexity index is 976. The van der Waals surface area contributed by atoms with Crippen LogP contribution >= 0.6 is 12.4 Å². The molecule has 0 spiro atoms. The molecule has 0 bridgehead atoms. The molecular formula is C19H21ClN6. The van der Waals surface area contributed by atoms with E-state index in [9.17, 15) is 0 Å². The van der Waals surface area contributed by atoms with Crippen LogP contribution in [0.25, 0.3) is 10.9 Å². The Hall–Kier alpha value is -2.70. The van der Waals surface area contributed by atoms with Crippen LogP contribution in [0.3, 0.4) is 0 Å². The molecule has 2 aromatic heterocycles. The van der Waals surface area contributed by atoms with Crippen molar-refractivity contribution in [2.24, 2.45) is 5.73 Å². The maximum atomic E-state index is 5.71. The van der Waals surface area contributed by atoms with E-state index in [1.807, 2.05) is 29.1 Å². The van der Waals surface area contributed by atoms with E-state index in [2.05, 4.69) is 50.8 Å². The zero-order valence-corrected chi connectivity index (χ0v) is 15.1. The van der Waals surface area contributed by atoms with Gasteiger partial charge in [0.1, 0.15) is 0 Å². The molecule has 0 radical (unpaired) electrons. The quantitative estimate of drug-likeness (QED) is 0.548. The van der Waals surface area contributed by atoms with Crippen LogP contribution in [-0.4, -0.2) is 31.7 Å². The highest BCUT2D eigenvalue weighted by molar-refractivity contribution is 5.85. The molecular weight excluding hydrogens is 348 g/mol. The Kier molecular flexibility index (Phi) is 5.65. The predicted octanol–water partition coefficient (Wildman–Crippen LogP) is 2.72. The molecule has 3 N–H and O–H groups in total. The van der Waals surface area contributed by atoms with Gasteiger partial charge in [-0.15, -0.1) is 17.5 Å². The van der Waals surface area contributed by atoms with Crippen LogP contribution in [-0.2, 0) is 19.4 Å². The van der Waals surface area contributed by atoms with Crippen LogP contribution in [0.15, 0.2) is 54.7 Å². The maximum Gasteiger partial charge on any atom is 0.156 e. The summed E-state index contributed by atoms with van der Waals surface area (Å²) in [5.41, 5.74) is 10.5. The normalized spacial score (nSPS) is 10.8. The van der Waals surface area contributed by atoms with Crippen LogP contribution in [0.4, 0.5) is 0 Å². The number of fused-ring (bicyclic) bond motifs is 1. The van der Waals surface area contributed by atoms with Gasteiger partial charge in [-0.25, -0.2) is 4.68 Å². The second kappa shape index (κ2) is 8.12. The van der Waals surface area contributed by atoms with Crippen LogP contribution in [0, 0.1) is 0 Å². The first-order chi connectivity index (χ1) is 12.3. The molecule has 0 saturated heterocycles. The van der Waals surface area contributed by atoms with E-state index in [1.165, 1.54) is 22.1 Å². The van der Waals surface area contributed by atoms with Gasteiger partial charge in [0.15, 0.2) is 5.82 Å². The second-order valence-electron chi connectivity index (χ2n) is 6.15. The molecule has 6 nitrogen and oxygen atoms in total. The molecule has 26 heavy (non-hydrogen) atoms. The summed E-state index contributed by atoms with van der Waals surface area (Å²) in [4.78, 5) is 3.30. The van der Waals surface area contributed by atoms with Crippen molar-refractivity contribution >= 4 is 23.3 Å². The molecule has 0 saturated carbocycles. The summed E-state index contributed by atoms with van der Waals surface area (Å²) in [5.74, 6) is 0.860. The van der Waals surface area contributed by atoms with E-state index in [1.54, 1.807) is 0 Å². The highest BCUT2D eigenvalue weighted by Gasteiger charge is 2.10. The molecule has 134 valence electrons. The lowest BCUT2D eigenvalue weighted by molar-refractivity contribution is 0.625. The highest BCUT2D eigenvalue weighted by Crippen LogP contribution is 2.21. The Morgan fingerprint density at radius 3 is 2.69 bits per heavy atom. The number of halogens is 1. The number of hydrogen-bond donors (Lipinski definition) is 2. The number of benzene rings is 2. The first-order valence-electron chi connectivity index (χ1n) is 8.41. The van der Waals surface area contributed by atoms with Crippen molar-refractivity contribution in [3.05, 3.63) is 77.2 Å². The monoisotopic (exact) mass is 368 g/mol. The molecule has 4 aromatic rings. The Morgan fingerprint density at radius 1 is 1.04 bits per heavy atom. The minimum atomic E-state index is 0. The van der Waals surface area contributed by atoms with Crippen molar-refractivity contribution in [2.45, 2.75) is 19.4 Å². The molecule has 4 rings (SSSR count). The molecule has 0 amide bonds. The Labute approximate surface area is 157 Å². The van der Waals surface area contributed by atoms with Crippen molar-refractivity contribution in [1.29, 1.82) is 0 Å². The summed E-state index contributed by atoms with van der Waals surface area (Å²) in [5, 5.41) is 13.4. The number of H-pyrrole nitrogens is 1. The van der Waals surface area contributed by atoms with Crippen LogP contribution < -0.4 is 5.73 Å². The van der Waals surface area contributed by atoms with E-state index in [-0.39, 0.29) is 12.4 Å². The van der Waals surface area contributed by atoms with Gasteiger partial charge >= 0.3 is 0 Å². The van der Waals surface area contributed by atoms with Gasteiger partial charge in [-0.1, -0.05) is 36.4 Å². The van der Waals surface area contributed by atoms with Crippen LogP contribution in [0.1, 0.15) is 22.5 Å². The molecule has 7 heteroatoms. The number of aromatic amines is 1. The predicted molar refractivity (Wildman–Crippen MR) is 104 cm³/mol. The van der Waals surface area contributed by atoms with Crippen LogP contribution in [0.5, 0.6) is 0 Å². The summed E-state index contributed by atoms with van der Waals surface area (Å²) >= 11 is 0. The number of hydrogen-bond acceptors (Lipinski definition) is 4. The molecule has 0 unspecified atom stereocenters. The van der Waals surface area contributed by atoms with Gasteiger partial charge in [0, 0.05) is 23.5 Å². The van der Waals surface area contributed by atoms with E-state index in [4.69, 9.17) is 5.73 Å². The SMILES string of the molecule is Cl.NCCc1c[nH]c2ccc(Cc3nnnn3Cc3ccccc3)cc12. The lowest BCUT2D eigenvalue weighted by atomic mass is 10.1. The number of nitrogens with zero attached hydrogens (tertiary/aromatic N) is 4. The summed E-state index contributed by atoms with van der Waals surface area (Å²) in [6.07, 6.45) is 3.61. The number of nitrogens with two attached hydrogens (primary N) is 1. The van der Waals surface area contributed by atoms with Crippen molar-refractivity contribution in [1.82, 2.24) is 25.2 Å². The van der Waals surface area contributed by atoms with Gasteiger partial charge in [-0.05, 0) is 52.2 Å². The zero-order chi connectivity index (χ0) is 17.1. The van der Waals surface area contributed by atoms with Gasteiger partial charge in [0.25, 0.3) is 0 Å². The molecule has 0 aliphatic carbocycles. The van der Waals surface area contributed by atoms with E-state index >= 15 is 0 Å². The molecule has 0 aliphatic heterocycles. The lowest BCUT2D eigenvalue weighted by Crippen LogP contribution is -2.07. The fourth-order valence-corrected chi connectivity index (χ4v) is 3.11. The largest absolute Gasteiger partial charge is 0.361 e. The van der Waals surface area contributed by atoms with Crippen molar-refractivity contribution in [3.8, 4) is 0 Å². The average molecular weight is 369 g/mol. The highest BCUT2D eigenvalue weighted by atomic mass is 35.5. The van der Waals surface area contributed by atoms with Gasteiger partial charge in [-0.3, -0.25) is 0 Å². The standard InChI is InChI=1S/C19H20N6.ClH/c20-9-8-16-12-21-18-7-6-15(10-17(16)18)11-19-22-23-24-25(19)13-14-4-2-1-3-5-14;/h1-7,10,12,21H,8-9,11,13,20H2;1H. The first kappa shape index (κ1) is 18.1. The molecule has 0 atom stereocenters. The fraction of sp³-hybridized carbons (Fsp3) is 0.211. The topological polar surface area (TPSA) is 85.4 Å². The van der Waals surface area contributed by atoms with Crippen molar-refractivity contribution < 1.29 is 0 Å². The number of nitrogens with one attached hydrogen (secondary N) is 1. The molecule has 2 aromatic carbocycles. The molecule has 0 aliphatic rings. The first-order valence-corrected chi connectivity index (χ1v) is 8.41. The Balaban J connectivity index is 0.00000196. The summed E-state index contributed by atoms with van der Waals surface area (Å²) in [6, 6.07) is 16.7. The fourth-order valence-electron chi connectivity index (χ4n) is 3.11. The minimum absolute atomic E-state index is 0. The van der Waals surface area contributed by atoms with Gasteiger partial charge in [0.2, 0.25) is 0 Å². The molecule has 2 heterocycles. The molecule has 0 fully saturated rings. The second-order valence-corrected chi connectivity index (χ2v) is 6.15. The third-order valence-electron chi connectivity index (χ3n) is 4.39. The van der Waals surface area contributed by atoms with E-state index in [0.717, 1.165) is 17.8 Å². The zero-order valence-electron chi connectivity index (χ0n) is 14.3. The van der Waals surface area contributed by atoms with E-state index in [0.29, 0.717) is 19.5 Å². The number of tetrazole rings is 1. The van der Waals surface area contributed by atoms with E-state index < -0.39 is 0 Å². The third kappa shape index (κ3) is 3.76. The van der Waals surface area contributed by atoms with Crippen molar-refractivity contribution in [2.75, 3.05) is 6.54 Å².